The Balaban J connectivity index is 1.92. The summed E-state index contributed by atoms with van der Waals surface area (Å²) < 4.78 is 1.07. The molecule has 0 saturated heterocycles. The van der Waals surface area contributed by atoms with Crippen molar-refractivity contribution in [3.63, 3.8) is 0 Å². The fourth-order valence-corrected chi connectivity index (χ4v) is 3.19. The van der Waals surface area contributed by atoms with Gasteiger partial charge in [0, 0.05) is 12.7 Å². The molecule has 0 radical (unpaired) electrons. The summed E-state index contributed by atoms with van der Waals surface area (Å²) in [7, 11) is 0. The Bertz CT molecular complexity index is 378. The molecule has 0 amide bonds. The number of hydrogen-bond acceptors (Lipinski definition) is 2. The summed E-state index contributed by atoms with van der Waals surface area (Å²) >= 11 is 3.56. The van der Waals surface area contributed by atoms with Gasteiger partial charge >= 0.3 is 0 Å². The fourth-order valence-electron chi connectivity index (χ4n) is 2.59. The first-order valence-electron chi connectivity index (χ1n) is 6.53. The van der Waals surface area contributed by atoms with Gasteiger partial charge in [0.1, 0.15) is 5.82 Å². The molecule has 2 unspecified atom stereocenters. The van der Waals surface area contributed by atoms with E-state index in [9.17, 15) is 0 Å². The minimum absolute atomic E-state index is 0.804. The number of pyridine rings is 1. The molecular formula is C14H21BrN2. The SMILES string of the molecule is Cc1cnc(NCC2CCCCC2C)c(Br)c1. The molecule has 1 aromatic heterocycles. The Hall–Kier alpha value is -0.570. The van der Waals surface area contributed by atoms with Crippen molar-refractivity contribution in [1.29, 1.82) is 0 Å². The van der Waals surface area contributed by atoms with Crippen molar-refractivity contribution in [3.05, 3.63) is 22.3 Å². The minimum atomic E-state index is 0.804. The maximum Gasteiger partial charge on any atom is 0.140 e. The maximum absolute atomic E-state index is 4.43. The molecule has 2 atom stereocenters. The first-order valence-corrected chi connectivity index (χ1v) is 7.32. The third kappa shape index (κ3) is 3.44. The average molecular weight is 297 g/mol. The van der Waals surface area contributed by atoms with Gasteiger partial charge in [0.25, 0.3) is 0 Å². The molecule has 94 valence electrons. The van der Waals surface area contributed by atoms with Crippen LogP contribution in [0, 0.1) is 18.8 Å². The summed E-state index contributed by atoms with van der Waals surface area (Å²) in [5, 5.41) is 3.48. The molecule has 1 aromatic rings. The quantitative estimate of drug-likeness (QED) is 0.895. The number of halogens is 1. The van der Waals surface area contributed by atoms with Crippen molar-refractivity contribution in [1.82, 2.24) is 4.98 Å². The third-order valence-corrected chi connectivity index (χ3v) is 4.40. The van der Waals surface area contributed by atoms with E-state index in [0.717, 1.165) is 28.7 Å². The Morgan fingerprint density at radius 2 is 2.18 bits per heavy atom. The second-order valence-corrected chi connectivity index (χ2v) is 6.10. The molecule has 1 heterocycles. The van der Waals surface area contributed by atoms with E-state index in [1.54, 1.807) is 0 Å². The first kappa shape index (κ1) is 12.9. The molecule has 3 heteroatoms. The van der Waals surface area contributed by atoms with Crippen molar-refractivity contribution in [2.75, 3.05) is 11.9 Å². The lowest BCUT2D eigenvalue weighted by Gasteiger charge is -2.29. The topological polar surface area (TPSA) is 24.9 Å². The van der Waals surface area contributed by atoms with Gasteiger partial charge in [0.2, 0.25) is 0 Å². The van der Waals surface area contributed by atoms with E-state index in [1.807, 2.05) is 6.20 Å². The molecule has 1 aliphatic rings. The molecule has 1 aliphatic carbocycles. The zero-order valence-electron chi connectivity index (χ0n) is 10.7. The second-order valence-electron chi connectivity index (χ2n) is 5.25. The molecule has 0 spiro atoms. The zero-order valence-corrected chi connectivity index (χ0v) is 12.3. The molecular weight excluding hydrogens is 276 g/mol. The van der Waals surface area contributed by atoms with Gasteiger partial charge < -0.3 is 5.32 Å². The van der Waals surface area contributed by atoms with E-state index in [-0.39, 0.29) is 0 Å². The molecule has 1 saturated carbocycles. The number of rotatable bonds is 3. The highest BCUT2D eigenvalue weighted by atomic mass is 79.9. The van der Waals surface area contributed by atoms with Crippen LogP contribution in [0.2, 0.25) is 0 Å². The molecule has 2 rings (SSSR count). The Kier molecular flexibility index (Phi) is 4.43. The maximum atomic E-state index is 4.43. The lowest BCUT2D eigenvalue weighted by molar-refractivity contribution is 0.268. The van der Waals surface area contributed by atoms with Crippen LogP contribution in [-0.2, 0) is 0 Å². The summed E-state index contributed by atoms with van der Waals surface area (Å²) in [6.45, 7) is 5.49. The van der Waals surface area contributed by atoms with Crippen LogP contribution in [0.25, 0.3) is 0 Å². The van der Waals surface area contributed by atoms with E-state index in [1.165, 1.54) is 31.2 Å². The van der Waals surface area contributed by atoms with Crippen molar-refractivity contribution >= 4 is 21.7 Å². The Morgan fingerprint density at radius 3 is 2.88 bits per heavy atom. The number of hydrogen-bond donors (Lipinski definition) is 1. The molecule has 0 aromatic carbocycles. The Morgan fingerprint density at radius 1 is 1.41 bits per heavy atom. The van der Waals surface area contributed by atoms with Crippen LogP contribution in [0.1, 0.15) is 38.2 Å². The smallest absolute Gasteiger partial charge is 0.140 e. The van der Waals surface area contributed by atoms with Crippen LogP contribution < -0.4 is 5.32 Å². The van der Waals surface area contributed by atoms with E-state index in [0.29, 0.717) is 0 Å². The van der Waals surface area contributed by atoms with Gasteiger partial charge in [-0.3, -0.25) is 0 Å². The van der Waals surface area contributed by atoms with Gasteiger partial charge in [-0.15, -0.1) is 0 Å². The molecule has 2 nitrogen and oxygen atoms in total. The van der Waals surface area contributed by atoms with Gasteiger partial charge in [-0.25, -0.2) is 4.98 Å². The predicted molar refractivity (Wildman–Crippen MR) is 76.3 cm³/mol. The molecule has 17 heavy (non-hydrogen) atoms. The first-order chi connectivity index (χ1) is 8.16. The van der Waals surface area contributed by atoms with Gasteiger partial charge in [-0.2, -0.15) is 0 Å². The average Bonchev–Trinajstić information content (AvgIpc) is 2.30. The molecule has 1 N–H and O–H groups in total. The largest absolute Gasteiger partial charge is 0.369 e. The number of anilines is 1. The fraction of sp³-hybridized carbons (Fsp3) is 0.643. The van der Waals surface area contributed by atoms with E-state index in [4.69, 9.17) is 0 Å². The van der Waals surface area contributed by atoms with Crippen molar-refractivity contribution in [3.8, 4) is 0 Å². The Labute approximate surface area is 112 Å². The number of aromatic nitrogens is 1. The van der Waals surface area contributed by atoms with Crippen LogP contribution in [0.3, 0.4) is 0 Å². The van der Waals surface area contributed by atoms with E-state index < -0.39 is 0 Å². The van der Waals surface area contributed by atoms with Crippen molar-refractivity contribution in [2.24, 2.45) is 11.8 Å². The second kappa shape index (κ2) is 5.85. The highest BCUT2D eigenvalue weighted by molar-refractivity contribution is 9.10. The lowest BCUT2D eigenvalue weighted by Crippen LogP contribution is -2.24. The normalized spacial score (nSPS) is 24.6. The van der Waals surface area contributed by atoms with Gasteiger partial charge in [0.15, 0.2) is 0 Å². The molecule has 0 bridgehead atoms. The summed E-state index contributed by atoms with van der Waals surface area (Å²) in [5.41, 5.74) is 1.19. The van der Waals surface area contributed by atoms with Crippen LogP contribution in [0.4, 0.5) is 5.82 Å². The predicted octanol–water partition coefficient (Wildman–Crippen LogP) is 4.39. The number of aryl methyl sites for hydroxylation is 1. The van der Waals surface area contributed by atoms with E-state index >= 15 is 0 Å². The van der Waals surface area contributed by atoms with Crippen LogP contribution in [0.15, 0.2) is 16.7 Å². The van der Waals surface area contributed by atoms with Gasteiger partial charge in [-0.05, 0) is 52.7 Å². The van der Waals surface area contributed by atoms with Crippen molar-refractivity contribution in [2.45, 2.75) is 39.5 Å². The van der Waals surface area contributed by atoms with Crippen molar-refractivity contribution < 1.29 is 0 Å². The highest BCUT2D eigenvalue weighted by Crippen LogP contribution is 2.30. The monoisotopic (exact) mass is 296 g/mol. The van der Waals surface area contributed by atoms with E-state index in [2.05, 4.69) is 46.1 Å². The summed E-state index contributed by atoms with van der Waals surface area (Å²) in [4.78, 5) is 4.43. The van der Waals surface area contributed by atoms with Gasteiger partial charge in [0.05, 0.1) is 4.47 Å². The number of nitrogens with zero attached hydrogens (tertiary/aromatic N) is 1. The number of nitrogens with one attached hydrogen (secondary N) is 1. The summed E-state index contributed by atoms with van der Waals surface area (Å²) in [6.07, 6.45) is 7.45. The summed E-state index contributed by atoms with van der Waals surface area (Å²) in [5.74, 6) is 2.63. The molecule has 0 aliphatic heterocycles. The zero-order chi connectivity index (χ0) is 12.3. The minimum Gasteiger partial charge on any atom is -0.369 e. The van der Waals surface area contributed by atoms with Crippen LogP contribution in [-0.4, -0.2) is 11.5 Å². The lowest BCUT2D eigenvalue weighted by atomic mass is 9.80. The summed E-state index contributed by atoms with van der Waals surface area (Å²) in [6, 6.07) is 2.11. The van der Waals surface area contributed by atoms with Crippen LogP contribution in [0.5, 0.6) is 0 Å². The van der Waals surface area contributed by atoms with Crippen LogP contribution >= 0.6 is 15.9 Å². The third-order valence-electron chi connectivity index (χ3n) is 3.80. The standard InChI is InChI=1S/C14H21BrN2/c1-10-7-13(15)14(16-8-10)17-9-12-6-4-3-5-11(12)2/h7-8,11-12H,3-6,9H2,1-2H3,(H,16,17). The highest BCUT2D eigenvalue weighted by Gasteiger charge is 2.21. The van der Waals surface area contributed by atoms with Gasteiger partial charge in [-0.1, -0.05) is 26.2 Å². The molecule has 1 fully saturated rings.